The second-order valence-electron chi connectivity index (χ2n) is 5.20. The molecule has 0 aliphatic carbocycles. The molecule has 0 spiro atoms. The minimum Gasteiger partial charge on any atom is -0.497 e. The monoisotopic (exact) mass is 364 g/mol. The zero-order valence-corrected chi connectivity index (χ0v) is 15.2. The van der Waals surface area contributed by atoms with Gasteiger partial charge < -0.3 is 14.2 Å². The third kappa shape index (κ3) is 3.22. The van der Waals surface area contributed by atoms with Crippen LogP contribution in [0.15, 0.2) is 28.7 Å². The first-order valence-electron chi connectivity index (χ1n) is 7.19. The normalized spacial score (nSPS) is 11.4. The third-order valence-corrected chi connectivity index (χ3v) is 4.07. The summed E-state index contributed by atoms with van der Waals surface area (Å²) in [4.78, 5) is 0. The smallest absolute Gasteiger partial charge is 0.146 e. The Kier molecular flexibility index (Phi) is 5.35. The molecule has 0 fully saturated rings. The predicted molar refractivity (Wildman–Crippen MR) is 95.2 cm³/mol. The van der Waals surface area contributed by atoms with Crippen molar-refractivity contribution in [2.45, 2.75) is 26.9 Å². The van der Waals surface area contributed by atoms with E-state index in [2.05, 4.69) is 22.0 Å². The first-order chi connectivity index (χ1) is 10.5. The molecule has 0 saturated carbocycles. The molecule has 0 atom stereocenters. The summed E-state index contributed by atoms with van der Waals surface area (Å²) in [5.41, 5.74) is 1.06. The van der Waals surface area contributed by atoms with Crippen molar-refractivity contribution in [1.82, 2.24) is 0 Å². The maximum absolute atomic E-state index is 6.06. The summed E-state index contributed by atoms with van der Waals surface area (Å²) in [6, 6.07) is 5.96. The van der Waals surface area contributed by atoms with Crippen molar-refractivity contribution in [3.63, 3.8) is 0 Å². The fraction of sp³-hybridized carbons (Fsp3) is 0.333. The van der Waals surface area contributed by atoms with Crippen LogP contribution in [0.1, 0.15) is 26.3 Å². The number of benzene rings is 2. The molecule has 0 aliphatic heterocycles. The average molecular weight is 365 g/mol. The Hall–Kier alpha value is -1.68. The molecule has 0 aromatic heterocycles. The lowest BCUT2D eigenvalue weighted by atomic mass is 10.0. The van der Waals surface area contributed by atoms with E-state index in [1.165, 1.54) is 0 Å². The molecule has 3 nitrogen and oxygen atoms in total. The Morgan fingerprint density at radius 3 is 2.36 bits per heavy atom. The van der Waals surface area contributed by atoms with E-state index in [0.29, 0.717) is 0 Å². The number of rotatable bonds is 5. The van der Waals surface area contributed by atoms with Crippen molar-refractivity contribution in [1.29, 1.82) is 0 Å². The summed E-state index contributed by atoms with van der Waals surface area (Å²) < 4.78 is 17.9. The molecule has 0 bridgehead atoms. The maximum atomic E-state index is 6.06. The lowest BCUT2D eigenvalue weighted by Crippen LogP contribution is -2.07. The molecule has 2 aromatic rings. The number of hydrogen-bond acceptors (Lipinski definition) is 3. The van der Waals surface area contributed by atoms with Crippen LogP contribution in [0, 0.1) is 0 Å². The van der Waals surface area contributed by atoms with Gasteiger partial charge in [0.25, 0.3) is 0 Å². The molecular formula is C18H21BrO3. The van der Waals surface area contributed by atoms with Gasteiger partial charge in [-0.05, 0) is 59.8 Å². The number of halogens is 1. The van der Waals surface area contributed by atoms with Crippen LogP contribution >= 0.6 is 15.9 Å². The Labute approximate surface area is 140 Å². The van der Waals surface area contributed by atoms with Crippen molar-refractivity contribution >= 4 is 32.8 Å². The molecule has 0 radical (unpaired) electrons. The van der Waals surface area contributed by atoms with Gasteiger partial charge in [0.1, 0.15) is 17.2 Å². The molecule has 0 unspecified atom stereocenters. The first kappa shape index (κ1) is 16.7. The van der Waals surface area contributed by atoms with Crippen LogP contribution in [0.25, 0.3) is 16.8 Å². The Balaban J connectivity index is 2.87. The van der Waals surface area contributed by atoms with Crippen molar-refractivity contribution < 1.29 is 14.2 Å². The number of ether oxygens (including phenoxy) is 3. The highest BCUT2D eigenvalue weighted by Crippen LogP contribution is 2.44. The lowest BCUT2D eigenvalue weighted by Gasteiger charge is -2.18. The first-order valence-corrected chi connectivity index (χ1v) is 7.98. The van der Waals surface area contributed by atoms with E-state index in [4.69, 9.17) is 14.2 Å². The van der Waals surface area contributed by atoms with Gasteiger partial charge in [0, 0.05) is 6.07 Å². The molecule has 0 amide bonds. The van der Waals surface area contributed by atoms with Crippen LogP contribution in [0.4, 0.5) is 0 Å². The number of hydrogen-bond donors (Lipinski definition) is 0. The van der Waals surface area contributed by atoms with Gasteiger partial charge in [0.05, 0.1) is 30.2 Å². The summed E-state index contributed by atoms with van der Waals surface area (Å²) in [6.07, 6.45) is 4.11. The standard InChI is InChI=1S/C18H21BrO3/c1-6-7-12-8-13-9-14(20-4)10-15(21-5)16(13)18(17(12)19)22-11(2)3/h6-11H,1-5H3/b7-6+. The highest BCUT2D eigenvalue weighted by molar-refractivity contribution is 9.10. The largest absolute Gasteiger partial charge is 0.497 e. The van der Waals surface area contributed by atoms with Crippen molar-refractivity contribution in [2.75, 3.05) is 14.2 Å². The minimum absolute atomic E-state index is 0.0622. The van der Waals surface area contributed by atoms with E-state index < -0.39 is 0 Å². The summed E-state index contributed by atoms with van der Waals surface area (Å²) in [5.74, 6) is 2.28. The van der Waals surface area contributed by atoms with Crippen LogP contribution in [-0.2, 0) is 0 Å². The molecule has 0 heterocycles. The van der Waals surface area contributed by atoms with Gasteiger partial charge in [0.15, 0.2) is 0 Å². The van der Waals surface area contributed by atoms with E-state index in [1.807, 2.05) is 45.1 Å². The molecule has 0 saturated heterocycles. The highest BCUT2D eigenvalue weighted by atomic mass is 79.9. The van der Waals surface area contributed by atoms with Gasteiger partial charge in [-0.25, -0.2) is 0 Å². The topological polar surface area (TPSA) is 27.7 Å². The Morgan fingerprint density at radius 1 is 1.09 bits per heavy atom. The van der Waals surface area contributed by atoms with E-state index in [-0.39, 0.29) is 6.10 Å². The van der Waals surface area contributed by atoms with Gasteiger partial charge >= 0.3 is 0 Å². The lowest BCUT2D eigenvalue weighted by molar-refractivity contribution is 0.243. The van der Waals surface area contributed by atoms with E-state index >= 15 is 0 Å². The molecular weight excluding hydrogens is 344 g/mol. The van der Waals surface area contributed by atoms with Crippen LogP contribution in [0.5, 0.6) is 17.2 Å². The zero-order chi connectivity index (χ0) is 16.3. The molecule has 4 heteroatoms. The minimum atomic E-state index is 0.0622. The van der Waals surface area contributed by atoms with Crippen molar-refractivity contribution in [3.05, 3.63) is 34.3 Å². The number of fused-ring (bicyclic) bond motifs is 1. The summed E-state index contributed by atoms with van der Waals surface area (Å²) in [7, 11) is 3.30. The second-order valence-corrected chi connectivity index (χ2v) is 6.00. The van der Waals surface area contributed by atoms with Crippen LogP contribution in [-0.4, -0.2) is 20.3 Å². The maximum Gasteiger partial charge on any atom is 0.146 e. The molecule has 2 aromatic carbocycles. The fourth-order valence-corrected chi connectivity index (χ4v) is 2.90. The van der Waals surface area contributed by atoms with Crippen LogP contribution in [0.2, 0.25) is 0 Å². The Bertz CT molecular complexity index is 705. The molecule has 22 heavy (non-hydrogen) atoms. The van der Waals surface area contributed by atoms with Crippen molar-refractivity contribution in [2.24, 2.45) is 0 Å². The van der Waals surface area contributed by atoms with Crippen LogP contribution < -0.4 is 14.2 Å². The van der Waals surface area contributed by atoms with Gasteiger partial charge in [-0.3, -0.25) is 0 Å². The summed E-state index contributed by atoms with van der Waals surface area (Å²) in [6.45, 7) is 6.01. The van der Waals surface area contributed by atoms with Gasteiger partial charge in [0.2, 0.25) is 0 Å². The average Bonchev–Trinajstić information content (AvgIpc) is 2.49. The predicted octanol–water partition coefficient (Wildman–Crippen LogP) is 5.44. The molecule has 2 rings (SSSR count). The van der Waals surface area contributed by atoms with Gasteiger partial charge in [-0.1, -0.05) is 12.2 Å². The van der Waals surface area contributed by atoms with E-state index in [1.54, 1.807) is 14.2 Å². The molecule has 0 aliphatic rings. The molecule has 118 valence electrons. The summed E-state index contributed by atoms with van der Waals surface area (Å²) >= 11 is 3.67. The van der Waals surface area contributed by atoms with Gasteiger partial charge in [-0.2, -0.15) is 0 Å². The van der Waals surface area contributed by atoms with Crippen LogP contribution in [0.3, 0.4) is 0 Å². The quantitative estimate of drug-likeness (QED) is 0.706. The third-order valence-electron chi connectivity index (χ3n) is 3.25. The zero-order valence-electron chi connectivity index (χ0n) is 13.6. The van der Waals surface area contributed by atoms with E-state index in [0.717, 1.165) is 38.1 Å². The van der Waals surface area contributed by atoms with Crippen molar-refractivity contribution in [3.8, 4) is 17.2 Å². The second kappa shape index (κ2) is 7.05. The SMILES string of the molecule is C/C=C/c1cc2cc(OC)cc(OC)c2c(OC(C)C)c1Br. The highest BCUT2D eigenvalue weighted by Gasteiger charge is 2.18. The van der Waals surface area contributed by atoms with E-state index in [9.17, 15) is 0 Å². The fourth-order valence-electron chi connectivity index (χ4n) is 2.37. The number of allylic oxidation sites excluding steroid dienone is 1. The summed E-state index contributed by atoms with van der Waals surface area (Å²) in [5, 5.41) is 1.96. The molecule has 0 N–H and O–H groups in total. The number of methoxy groups -OCH3 is 2. The van der Waals surface area contributed by atoms with Gasteiger partial charge in [-0.15, -0.1) is 0 Å². The Morgan fingerprint density at radius 2 is 1.82 bits per heavy atom.